The predicted octanol–water partition coefficient (Wildman–Crippen LogP) is 7.99. The largest absolute Gasteiger partial charge is 0.511 e. The molecule has 252 valence electrons. The van der Waals surface area contributed by atoms with Gasteiger partial charge in [-0.05, 0) is 75.5 Å². The number of terminal acetylenes is 1. The Morgan fingerprint density at radius 2 is 1.44 bits per heavy atom. The van der Waals surface area contributed by atoms with Crippen LogP contribution in [0.4, 0.5) is 0 Å². The van der Waals surface area contributed by atoms with E-state index in [4.69, 9.17) is 14.6 Å². The number of Topliss-reactive ketones (excluding diaryl/α,β-unsaturated/α-hetero) is 3. The van der Waals surface area contributed by atoms with E-state index in [1.54, 1.807) is 12.1 Å². The number of ether oxygens (including phenoxy) is 2. The van der Waals surface area contributed by atoms with Gasteiger partial charge in [0.2, 0.25) is 0 Å². The minimum Gasteiger partial charge on any atom is -0.511 e. The van der Waals surface area contributed by atoms with E-state index in [0.29, 0.717) is 29.6 Å². The molecule has 2 saturated carbocycles. The van der Waals surface area contributed by atoms with E-state index in [2.05, 4.69) is 12.8 Å². The van der Waals surface area contributed by atoms with Crippen molar-refractivity contribution >= 4 is 17.3 Å². The summed E-state index contributed by atoms with van der Waals surface area (Å²) >= 11 is 0. The Morgan fingerprint density at radius 3 is 1.91 bits per heavy atom. The predicted molar refractivity (Wildman–Crippen MR) is 180 cm³/mol. The number of fused-ring (bicyclic) bond motifs is 3. The second-order valence-electron chi connectivity index (χ2n) is 10.3. The number of carbonyl (C=O) groups is 3. The van der Waals surface area contributed by atoms with Crippen molar-refractivity contribution in [2.75, 3.05) is 20.8 Å². The quantitative estimate of drug-likeness (QED) is 0.281. The third-order valence-electron chi connectivity index (χ3n) is 8.24. The molecule has 1 spiro atoms. The molecule has 5 aliphatic rings. The van der Waals surface area contributed by atoms with Crippen LogP contribution in [-0.4, -0.2) is 59.1 Å². The standard InChI is InChI=1S/C21H20O6.C7H12O.3C2H6.C2H2.CH4O/c1-9(22)10-6-7-11-13(8-10)20(25)16-17(18(11)23)21(26)15-12(19(16)24)4-3-5-14(15)27-2;1-2-6-8-7(3-1)4-5-7;5*1-2/h3-5,10,16-17,23,25H,6-8H2,1-2H3;1-6H2;3*1-2H3;1-2H;2H,1H3. The second kappa shape index (κ2) is 20.6. The van der Waals surface area contributed by atoms with Crippen molar-refractivity contribution in [2.24, 2.45) is 17.8 Å². The molecule has 45 heavy (non-hydrogen) atoms. The number of allylic oxidation sites excluding steroid dienone is 4. The fraction of sp³-hybridized carbons (Fsp3) is 0.595. The molecule has 1 aromatic rings. The molecular weight excluding hydrogens is 572 g/mol. The van der Waals surface area contributed by atoms with Crippen molar-refractivity contribution < 1.29 is 39.2 Å². The SMILES string of the molecule is C#C.C1CCC2(CC2)OC1.CC.CC.CC.CO.COc1cccc2c1C(=O)C1C(O)=C3CCC(C(C)=O)CC3=C(O)C1C2=O. The average Bonchev–Trinajstić information content (AvgIpc) is 3.87. The van der Waals surface area contributed by atoms with Crippen molar-refractivity contribution in [1.82, 2.24) is 0 Å². The van der Waals surface area contributed by atoms with Crippen LogP contribution < -0.4 is 4.74 Å². The van der Waals surface area contributed by atoms with E-state index >= 15 is 0 Å². The monoisotopic (exact) mass is 628 g/mol. The van der Waals surface area contributed by atoms with Gasteiger partial charge in [-0.2, -0.15) is 0 Å². The summed E-state index contributed by atoms with van der Waals surface area (Å²) in [5.41, 5.74) is 1.69. The van der Waals surface area contributed by atoms with Gasteiger partial charge in [-0.15, -0.1) is 12.8 Å². The molecule has 3 unspecified atom stereocenters. The van der Waals surface area contributed by atoms with Crippen LogP contribution in [0.2, 0.25) is 0 Å². The molecule has 8 nitrogen and oxygen atoms in total. The van der Waals surface area contributed by atoms with Crippen LogP contribution in [0.1, 0.15) is 121 Å². The van der Waals surface area contributed by atoms with Gasteiger partial charge in [0.1, 0.15) is 23.1 Å². The average molecular weight is 629 g/mol. The number of hydrogen-bond donors (Lipinski definition) is 3. The van der Waals surface area contributed by atoms with Gasteiger partial charge in [-0.1, -0.05) is 53.7 Å². The minimum atomic E-state index is -1.15. The highest BCUT2D eigenvalue weighted by molar-refractivity contribution is 6.19. The van der Waals surface area contributed by atoms with Gasteiger partial charge >= 0.3 is 0 Å². The summed E-state index contributed by atoms with van der Waals surface area (Å²) in [6.07, 6.45) is 15.9. The van der Waals surface area contributed by atoms with Crippen molar-refractivity contribution in [3.8, 4) is 18.6 Å². The Hall–Kier alpha value is -3.41. The molecule has 0 radical (unpaired) electrons. The molecule has 8 heteroatoms. The summed E-state index contributed by atoms with van der Waals surface area (Å²) < 4.78 is 10.8. The normalized spacial score (nSPS) is 22.7. The Morgan fingerprint density at radius 1 is 0.889 bits per heavy atom. The first kappa shape index (κ1) is 41.6. The van der Waals surface area contributed by atoms with Gasteiger partial charge in [0, 0.05) is 25.2 Å². The highest BCUT2D eigenvalue weighted by Crippen LogP contribution is 2.50. The molecule has 3 atom stereocenters. The summed E-state index contributed by atoms with van der Waals surface area (Å²) in [4.78, 5) is 38.1. The van der Waals surface area contributed by atoms with Gasteiger partial charge in [0.15, 0.2) is 11.6 Å². The second-order valence-corrected chi connectivity index (χ2v) is 10.3. The summed E-state index contributed by atoms with van der Waals surface area (Å²) in [6.45, 7) is 14.5. The van der Waals surface area contributed by atoms with Gasteiger partial charge in [0.05, 0.1) is 30.1 Å². The van der Waals surface area contributed by atoms with Crippen molar-refractivity contribution in [3.63, 3.8) is 0 Å². The Balaban J connectivity index is 0.000000892. The molecule has 0 aromatic heterocycles. The van der Waals surface area contributed by atoms with Gasteiger partial charge in [-0.25, -0.2) is 0 Å². The molecule has 3 fully saturated rings. The maximum atomic E-state index is 13.2. The highest BCUT2D eigenvalue weighted by atomic mass is 16.5. The van der Waals surface area contributed by atoms with Gasteiger partial charge < -0.3 is 24.8 Å². The number of benzene rings is 1. The molecule has 1 aliphatic heterocycles. The molecule has 1 saturated heterocycles. The third-order valence-corrected chi connectivity index (χ3v) is 8.24. The zero-order chi connectivity index (χ0) is 34.9. The van der Waals surface area contributed by atoms with Gasteiger partial charge in [0.25, 0.3) is 0 Å². The fourth-order valence-electron chi connectivity index (χ4n) is 6.00. The number of ketones is 3. The Bertz CT molecular complexity index is 1190. The fourth-order valence-corrected chi connectivity index (χ4v) is 6.00. The zero-order valence-corrected chi connectivity index (χ0v) is 28.9. The molecule has 0 amide bonds. The van der Waals surface area contributed by atoms with Crippen LogP contribution in [0.3, 0.4) is 0 Å². The number of carbonyl (C=O) groups excluding carboxylic acids is 3. The molecule has 6 rings (SSSR count). The first-order chi connectivity index (χ1) is 21.8. The zero-order valence-electron chi connectivity index (χ0n) is 28.9. The summed E-state index contributed by atoms with van der Waals surface area (Å²) in [7, 11) is 2.41. The van der Waals surface area contributed by atoms with E-state index in [1.807, 2.05) is 41.5 Å². The van der Waals surface area contributed by atoms with E-state index < -0.39 is 23.4 Å². The Labute approximate surface area is 270 Å². The van der Waals surface area contributed by atoms with E-state index in [0.717, 1.165) is 13.7 Å². The highest BCUT2D eigenvalue weighted by Gasteiger charge is 2.52. The lowest BCUT2D eigenvalue weighted by atomic mass is 9.64. The number of methoxy groups -OCH3 is 1. The minimum absolute atomic E-state index is 0.0112. The third kappa shape index (κ3) is 9.31. The first-order valence-electron chi connectivity index (χ1n) is 16.3. The lowest BCUT2D eigenvalue weighted by Gasteiger charge is -2.38. The van der Waals surface area contributed by atoms with E-state index in [-0.39, 0.29) is 46.5 Å². The molecule has 0 bridgehead atoms. The van der Waals surface area contributed by atoms with Crippen molar-refractivity contribution in [1.29, 1.82) is 0 Å². The number of rotatable bonds is 2. The van der Waals surface area contributed by atoms with Crippen LogP contribution >= 0.6 is 0 Å². The molecule has 1 aromatic carbocycles. The van der Waals surface area contributed by atoms with Crippen LogP contribution in [0.15, 0.2) is 40.9 Å². The smallest absolute Gasteiger partial charge is 0.179 e. The Kier molecular flexibility index (Phi) is 19.0. The first-order valence-corrected chi connectivity index (χ1v) is 16.3. The van der Waals surface area contributed by atoms with Crippen LogP contribution in [0.25, 0.3) is 0 Å². The number of aliphatic hydroxyl groups is 3. The van der Waals surface area contributed by atoms with Crippen LogP contribution in [-0.2, 0) is 9.53 Å². The van der Waals surface area contributed by atoms with E-state index in [1.165, 1.54) is 52.2 Å². The summed E-state index contributed by atoms with van der Waals surface area (Å²) in [5, 5.41) is 28.7. The number of aliphatic hydroxyl groups excluding tert-OH is 3. The maximum Gasteiger partial charge on any atom is 0.179 e. The van der Waals surface area contributed by atoms with Gasteiger partial charge in [-0.3, -0.25) is 14.4 Å². The lowest BCUT2D eigenvalue weighted by Crippen LogP contribution is -2.42. The number of hydrogen-bond acceptors (Lipinski definition) is 8. The van der Waals surface area contributed by atoms with Crippen LogP contribution in [0, 0.1) is 30.6 Å². The lowest BCUT2D eigenvalue weighted by molar-refractivity contribution is -0.121. The van der Waals surface area contributed by atoms with Crippen LogP contribution in [0.5, 0.6) is 5.75 Å². The molecule has 4 aliphatic carbocycles. The van der Waals surface area contributed by atoms with Crippen molar-refractivity contribution in [2.45, 2.75) is 105 Å². The molecule has 1 heterocycles. The van der Waals surface area contributed by atoms with E-state index in [9.17, 15) is 24.6 Å². The van der Waals surface area contributed by atoms with Crippen molar-refractivity contribution in [3.05, 3.63) is 52.0 Å². The topological polar surface area (TPSA) is 130 Å². The molecular formula is C37H56O8. The summed E-state index contributed by atoms with van der Waals surface area (Å²) in [6, 6.07) is 4.74. The maximum absolute atomic E-state index is 13.2. The summed E-state index contributed by atoms with van der Waals surface area (Å²) in [5.74, 6) is -3.47. The molecule has 3 N–H and O–H groups in total.